The third kappa shape index (κ3) is 16.4. The van der Waals surface area contributed by atoms with Gasteiger partial charge in [0.05, 0.1) is 0 Å². The standard InChI is InChI=1S/C40H67O6Si2.3C4H9.Sn/c1-15-17-24-33(45-47(13,14)40(10,11)12)25-26-35(43-39(42)32-22-19-18-20-23-32)31(9)27-34(41)37-38(44-37)36(21-16-2)46-48(28(3)4,29(5)6)30(7)8;3*1-3-4-2;/h15,17-20,22-23,28-30,33-38,41H,2,9,21,24-27H2,1,3-8,10-14H3;3*1,3-4H2,2H3;/b17-15-;;;;/t33-,34+,35-,36-,37+,38+;;;;/m1..../s1. The van der Waals surface area contributed by atoms with Gasteiger partial charge in [-0.2, -0.15) is 0 Å². The average molecular weight is 990 g/mol. The molecule has 0 unspecified atom stereocenters. The molecule has 61 heavy (non-hydrogen) atoms. The van der Waals surface area contributed by atoms with Crippen molar-refractivity contribution in [3.63, 3.8) is 0 Å². The summed E-state index contributed by atoms with van der Waals surface area (Å²) in [7, 11) is -4.38. The van der Waals surface area contributed by atoms with Crippen LogP contribution >= 0.6 is 0 Å². The molecule has 1 fully saturated rings. The van der Waals surface area contributed by atoms with Crippen LogP contribution in [0.3, 0.4) is 0 Å². The molecule has 0 aliphatic carbocycles. The van der Waals surface area contributed by atoms with Gasteiger partial charge in [-0.3, -0.25) is 0 Å². The third-order valence-corrected chi connectivity index (χ3v) is 41.2. The molecule has 2 rings (SSSR count). The van der Waals surface area contributed by atoms with E-state index >= 15 is 0 Å². The summed E-state index contributed by atoms with van der Waals surface area (Å²) in [5, 5.41) is 12.1. The molecule has 1 heterocycles. The van der Waals surface area contributed by atoms with E-state index in [4.69, 9.17) is 24.9 Å². The first-order valence-corrected chi connectivity index (χ1v) is 37.0. The second kappa shape index (κ2) is 26.2. The molecule has 0 aromatic heterocycles. The molecule has 1 aliphatic heterocycles. The first kappa shape index (κ1) is 56.1. The Bertz CT molecular complexity index is 1440. The van der Waals surface area contributed by atoms with Crippen molar-refractivity contribution in [3.05, 3.63) is 70.4 Å². The van der Waals surface area contributed by atoms with Gasteiger partial charge < -0.3 is 4.43 Å². The van der Waals surface area contributed by atoms with Crippen molar-refractivity contribution in [3.8, 4) is 0 Å². The molecule has 0 bridgehead atoms. The molecule has 1 saturated heterocycles. The second-order valence-corrected chi connectivity index (χ2v) is 44.8. The topological polar surface area (TPSA) is 77.5 Å². The van der Waals surface area contributed by atoms with Gasteiger partial charge in [-0.15, -0.1) is 0 Å². The van der Waals surface area contributed by atoms with Crippen LogP contribution < -0.4 is 0 Å². The van der Waals surface area contributed by atoms with Crippen LogP contribution in [0.25, 0.3) is 0 Å². The zero-order chi connectivity index (χ0) is 46.2. The van der Waals surface area contributed by atoms with E-state index in [1.165, 1.54) is 55.4 Å². The Morgan fingerprint density at radius 2 is 1.36 bits per heavy atom. The summed E-state index contributed by atoms with van der Waals surface area (Å²) in [5.74, 6) is -0.384. The fraction of sp³-hybridized carbons (Fsp3) is 0.750. The molecule has 9 heteroatoms. The fourth-order valence-corrected chi connectivity index (χ4v) is 32.4. The van der Waals surface area contributed by atoms with Crippen molar-refractivity contribution in [1.82, 2.24) is 0 Å². The summed E-state index contributed by atoms with van der Waals surface area (Å²) in [6.45, 7) is 44.0. The van der Waals surface area contributed by atoms with Gasteiger partial charge in [0, 0.05) is 0 Å². The molecule has 350 valence electrons. The van der Waals surface area contributed by atoms with E-state index < -0.39 is 47.2 Å². The van der Waals surface area contributed by atoms with E-state index in [2.05, 4.69) is 115 Å². The van der Waals surface area contributed by atoms with E-state index in [9.17, 15) is 9.90 Å². The van der Waals surface area contributed by atoms with Gasteiger partial charge >= 0.3 is 277 Å². The Kier molecular flexibility index (Phi) is 24.1. The summed E-state index contributed by atoms with van der Waals surface area (Å²) in [6.07, 6.45) is 12.8. The summed E-state index contributed by atoms with van der Waals surface area (Å²) in [5.41, 5.74) is 2.48. The van der Waals surface area contributed by atoms with E-state index in [1.807, 2.05) is 25.1 Å². The number of aliphatic hydroxyl groups excluding tert-OH is 1. The van der Waals surface area contributed by atoms with Crippen LogP contribution in [0.2, 0.25) is 48.1 Å². The van der Waals surface area contributed by atoms with E-state index in [1.54, 1.807) is 12.1 Å². The predicted molar refractivity (Wildman–Crippen MR) is 269 cm³/mol. The quantitative estimate of drug-likeness (QED) is 0.0346. The number of unbranched alkanes of at least 4 members (excludes halogenated alkanes) is 3. The van der Waals surface area contributed by atoms with Crippen LogP contribution in [0.15, 0.2) is 64.8 Å². The van der Waals surface area contributed by atoms with Crippen LogP contribution in [0.5, 0.6) is 0 Å². The normalized spacial score (nSPS) is 18.5. The van der Waals surface area contributed by atoms with Crippen LogP contribution in [-0.4, -0.2) is 82.7 Å². The number of carbonyl (C=O) groups is 1. The van der Waals surface area contributed by atoms with Crippen LogP contribution in [0.4, 0.5) is 0 Å². The maximum absolute atomic E-state index is 13.6. The fourth-order valence-electron chi connectivity index (χ4n) is 9.63. The van der Waals surface area contributed by atoms with Gasteiger partial charge in [0.1, 0.15) is 0 Å². The number of benzene rings is 1. The van der Waals surface area contributed by atoms with Gasteiger partial charge in [-0.25, -0.2) is 0 Å². The molecule has 1 N–H and O–H groups in total. The molecule has 6 nitrogen and oxygen atoms in total. The van der Waals surface area contributed by atoms with E-state index in [0.717, 1.165) is 12.8 Å². The molecule has 1 aromatic rings. The Hall–Kier alpha value is -1.02. The average Bonchev–Trinajstić information content (AvgIpc) is 4.00. The Labute approximate surface area is 382 Å². The molecule has 1 aliphatic rings. The molecular formula is C52H94O6Si2Sn. The van der Waals surface area contributed by atoms with Crippen LogP contribution in [-0.2, 0) is 18.3 Å². The SMILES string of the molecule is C=C(C[C@H](O)[C@@H]1O[C@H]1[C@@H](C[C](=C)[Sn]([CH2]CCC)([CH2]CCC)[CH2]CCC)O[Si](C(C)C)(C(C)C)C(C)C)[C@@H](CC[C@@H](C/C=C\C)O[Si](C)(C)C(C)(C)C)OC(=O)c1ccccc1. The van der Waals surface area contributed by atoms with Gasteiger partial charge in [0.25, 0.3) is 0 Å². The van der Waals surface area contributed by atoms with Crippen molar-refractivity contribution < 1.29 is 28.2 Å². The maximum atomic E-state index is 13.6. The minimum Gasteiger partial charge on any atom is -0.0622 e. The monoisotopic (exact) mass is 991 g/mol. The number of aliphatic hydroxyl groups is 1. The number of allylic oxidation sites excluding steroid dienone is 1. The first-order chi connectivity index (χ1) is 28.6. The van der Waals surface area contributed by atoms with Gasteiger partial charge in [-0.1, -0.05) is 51.1 Å². The van der Waals surface area contributed by atoms with Gasteiger partial charge in [-0.05, 0) is 43.6 Å². The van der Waals surface area contributed by atoms with Crippen molar-refractivity contribution in [2.75, 3.05) is 0 Å². The van der Waals surface area contributed by atoms with Crippen molar-refractivity contribution in [2.45, 2.75) is 245 Å². The zero-order valence-corrected chi connectivity index (χ0v) is 46.9. The smallest absolute Gasteiger partial charge is 0.0622 e. The molecule has 0 saturated carbocycles. The summed E-state index contributed by atoms with van der Waals surface area (Å²) in [4.78, 5) is 13.6. The first-order valence-electron chi connectivity index (χ1n) is 24.5. The van der Waals surface area contributed by atoms with E-state index in [-0.39, 0.29) is 41.8 Å². The number of carbonyl (C=O) groups excluding carboxylic acids is 1. The van der Waals surface area contributed by atoms with Crippen molar-refractivity contribution in [1.29, 1.82) is 0 Å². The summed E-state index contributed by atoms with van der Waals surface area (Å²) >= 11 is -2.82. The predicted octanol–water partition coefficient (Wildman–Crippen LogP) is 15.3. The number of ether oxygens (including phenoxy) is 2. The second-order valence-electron chi connectivity index (χ2n) is 21.0. The minimum atomic E-state index is -2.82. The molecular weight excluding hydrogens is 895 g/mol. The van der Waals surface area contributed by atoms with Crippen LogP contribution in [0, 0.1) is 0 Å². The Balaban J connectivity index is 2.49. The minimum absolute atomic E-state index is 0.0216. The number of epoxide rings is 1. The van der Waals surface area contributed by atoms with Gasteiger partial charge in [0.2, 0.25) is 0 Å². The third-order valence-electron chi connectivity index (χ3n) is 14.4. The van der Waals surface area contributed by atoms with Gasteiger partial charge in [0.15, 0.2) is 8.32 Å². The summed E-state index contributed by atoms with van der Waals surface area (Å²) < 4.78 is 33.1. The van der Waals surface area contributed by atoms with Crippen molar-refractivity contribution >= 4 is 41.0 Å². The van der Waals surface area contributed by atoms with Crippen molar-refractivity contribution in [2.24, 2.45) is 0 Å². The number of hydrogen-bond donors (Lipinski definition) is 1. The molecule has 0 amide bonds. The zero-order valence-electron chi connectivity index (χ0n) is 42.0. The Morgan fingerprint density at radius 1 is 0.836 bits per heavy atom. The molecule has 0 spiro atoms. The molecule has 6 atom stereocenters. The molecule has 0 radical (unpaired) electrons. The summed E-state index contributed by atoms with van der Waals surface area (Å²) in [6, 6.07) is 9.16. The number of esters is 1. The number of rotatable bonds is 31. The van der Waals surface area contributed by atoms with Crippen LogP contribution in [0.1, 0.15) is 171 Å². The Morgan fingerprint density at radius 3 is 1.82 bits per heavy atom. The van der Waals surface area contributed by atoms with E-state index in [0.29, 0.717) is 40.6 Å². The number of hydrogen-bond acceptors (Lipinski definition) is 6. The molecule has 1 aromatic carbocycles.